The average molecular weight is 403 g/mol. The lowest BCUT2D eigenvalue weighted by Gasteiger charge is -1.99. The Morgan fingerprint density at radius 3 is 1.97 bits per heavy atom. The van der Waals surface area contributed by atoms with Gasteiger partial charge in [0.1, 0.15) is 5.78 Å². The number of aliphatic hydroxyl groups excluding tert-OH is 3. The maximum absolute atomic E-state index is 11.4. The Labute approximate surface area is 176 Å². The molecular weight excluding hydrogens is 364 g/mol. The number of ketones is 1. The molecule has 162 valence electrons. The number of carbonyl (C=O) groups excluding carboxylic acids is 1. The SMILES string of the molecule is CC/C=C\C[C@H](O)/C=C/C=C\C=C\[C@H](O)C/C=C\C/C=C\CCC(=O)CCCO. The summed E-state index contributed by atoms with van der Waals surface area (Å²) in [6.45, 7) is 2.13. The smallest absolute Gasteiger partial charge is 0.133 e. The van der Waals surface area contributed by atoms with E-state index in [1.165, 1.54) is 0 Å². The van der Waals surface area contributed by atoms with Gasteiger partial charge in [-0.05, 0) is 38.5 Å². The van der Waals surface area contributed by atoms with Crippen LogP contribution >= 0.6 is 0 Å². The molecule has 0 amide bonds. The minimum absolute atomic E-state index is 0.0715. The Bertz CT molecular complexity index is 567. The highest BCUT2D eigenvalue weighted by atomic mass is 16.3. The van der Waals surface area contributed by atoms with E-state index in [0.717, 1.165) is 19.3 Å². The predicted molar refractivity (Wildman–Crippen MR) is 122 cm³/mol. The Kier molecular flexibility index (Phi) is 19.3. The number of aliphatic hydroxyl groups is 3. The first kappa shape index (κ1) is 27.0. The molecule has 0 fully saturated rings. The van der Waals surface area contributed by atoms with E-state index in [4.69, 9.17) is 5.11 Å². The van der Waals surface area contributed by atoms with Crippen molar-refractivity contribution in [3.63, 3.8) is 0 Å². The van der Waals surface area contributed by atoms with Crippen LogP contribution in [0.1, 0.15) is 58.3 Å². The number of allylic oxidation sites excluding steroid dienone is 8. The highest BCUT2D eigenvalue weighted by Gasteiger charge is 1.98. The lowest BCUT2D eigenvalue weighted by molar-refractivity contribution is -0.119. The van der Waals surface area contributed by atoms with Gasteiger partial charge in [0.2, 0.25) is 0 Å². The van der Waals surface area contributed by atoms with Crippen LogP contribution in [0.3, 0.4) is 0 Å². The van der Waals surface area contributed by atoms with Gasteiger partial charge < -0.3 is 15.3 Å². The summed E-state index contributed by atoms with van der Waals surface area (Å²) in [4.78, 5) is 11.4. The molecule has 3 N–H and O–H groups in total. The van der Waals surface area contributed by atoms with Crippen molar-refractivity contribution in [2.24, 2.45) is 0 Å². The largest absolute Gasteiger partial charge is 0.396 e. The molecular formula is C25H38O4. The molecule has 0 aliphatic carbocycles. The van der Waals surface area contributed by atoms with Crippen molar-refractivity contribution in [1.82, 2.24) is 0 Å². The third-order valence-corrected chi connectivity index (χ3v) is 3.97. The van der Waals surface area contributed by atoms with Crippen LogP contribution in [0.25, 0.3) is 0 Å². The van der Waals surface area contributed by atoms with Crippen LogP contribution in [-0.4, -0.2) is 39.9 Å². The number of hydrogen-bond acceptors (Lipinski definition) is 4. The van der Waals surface area contributed by atoms with Crippen LogP contribution in [0.15, 0.2) is 72.9 Å². The second-order valence-corrected chi connectivity index (χ2v) is 6.72. The lowest BCUT2D eigenvalue weighted by Crippen LogP contribution is -1.99. The lowest BCUT2D eigenvalue weighted by atomic mass is 10.1. The van der Waals surface area contributed by atoms with Crippen LogP contribution < -0.4 is 0 Å². The quantitative estimate of drug-likeness (QED) is 0.242. The van der Waals surface area contributed by atoms with Crippen LogP contribution in [0.4, 0.5) is 0 Å². The zero-order valence-corrected chi connectivity index (χ0v) is 17.7. The molecule has 0 aromatic heterocycles. The van der Waals surface area contributed by atoms with E-state index >= 15 is 0 Å². The van der Waals surface area contributed by atoms with Gasteiger partial charge in [0, 0.05) is 19.4 Å². The fourth-order valence-corrected chi connectivity index (χ4v) is 2.34. The second kappa shape index (κ2) is 20.7. The maximum atomic E-state index is 11.4. The minimum Gasteiger partial charge on any atom is -0.396 e. The zero-order chi connectivity index (χ0) is 21.6. The van der Waals surface area contributed by atoms with E-state index in [-0.39, 0.29) is 12.4 Å². The Morgan fingerprint density at radius 1 is 0.793 bits per heavy atom. The first-order valence-corrected chi connectivity index (χ1v) is 10.6. The molecule has 0 aliphatic heterocycles. The van der Waals surface area contributed by atoms with E-state index in [2.05, 4.69) is 6.92 Å². The fourth-order valence-electron chi connectivity index (χ4n) is 2.34. The van der Waals surface area contributed by atoms with Crippen LogP contribution in [0.5, 0.6) is 0 Å². The second-order valence-electron chi connectivity index (χ2n) is 6.72. The molecule has 0 bridgehead atoms. The van der Waals surface area contributed by atoms with E-state index in [9.17, 15) is 15.0 Å². The molecule has 0 aromatic rings. The van der Waals surface area contributed by atoms with Crippen LogP contribution in [-0.2, 0) is 4.79 Å². The summed E-state index contributed by atoms with van der Waals surface area (Å²) in [5, 5.41) is 28.2. The van der Waals surface area contributed by atoms with Crippen molar-refractivity contribution in [2.75, 3.05) is 6.61 Å². The summed E-state index contributed by atoms with van der Waals surface area (Å²) in [7, 11) is 0. The number of carbonyl (C=O) groups is 1. The van der Waals surface area contributed by atoms with Gasteiger partial charge in [0.05, 0.1) is 12.2 Å². The van der Waals surface area contributed by atoms with E-state index in [1.54, 1.807) is 24.3 Å². The van der Waals surface area contributed by atoms with Gasteiger partial charge in [-0.2, -0.15) is 0 Å². The predicted octanol–water partition coefficient (Wildman–Crippen LogP) is 4.75. The number of hydrogen-bond donors (Lipinski definition) is 3. The van der Waals surface area contributed by atoms with Crippen molar-refractivity contribution >= 4 is 5.78 Å². The Morgan fingerprint density at radius 2 is 1.38 bits per heavy atom. The van der Waals surface area contributed by atoms with Gasteiger partial charge in [-0.3, -0.25) is 4.79 Å². The van der Waals surface area contributed by atoms with Gasteiger partial charge in [0.15, 0.2) is 0 Å². The van der Waals surface area contributed by atoms with Gasteiger partial charge in [-0.1, -0.05) is 79.8 Å². The van der Waals surface area contributed by atoms with Crippen molar-refractivity contribution in [3.05, 3.63) is 72.9 Å². The molecule has 0 saturated heterocycles. The normalized spacial score (nSPS) is 15.2. The molecule has 0 aliphatic rings. The summed E-state index contributed by atoms with van der Waals surface area (Å²) in [5.41, 5.74) is 0. The van der Waals surface area contributed by atoms with Crippen molar-refractivity contribution < 1.29 is 20.1 Å². The van der Waals surface area contributed by atoms with Crippen molar-refractivity contribution in [2.45, 2.75) is 70.5 Å². The molecule has 2 atom stereocenters. The highest BCUT2D eigenvalue weighted by molar-refractivity contribution is 5.78. The zero-order valence-electron chi connectivity index (χ0n) is 17.7. The summed E-state index contributed by atoms with van der Waals surface area (Å²) >= 11 is 0. The minimum atomic E-state index is -0.530. The third kappa shape index (κ3) is 20.5. The van der Waals surface area contributed by atoms with E-state index in [0.29, 0.717) is 32.1 Å². The van der Waals surface area contributed by atoms with Gasteiger partial charge in [-0.25, -0.2) is 0 Å². The highest BCUT2D eigenvalue weighted by Crippen LogP contribution is 2.02. The molecule has 0 saturated carbocycles. The van der Waals surface area contributed by atoms with E-state index < -0.39 is 12.2 Å². The first-order chi connectivity index (χ1) is 14.1. The van der Waals surface area contributed by atoms with Gasteiger partial charge >= 0.3 is 0 Å². The molecule has 0 radical (unpaired) electrons. The monoisotopic (exact) mass is 402 g/mol. The van der Waals surface area contributed by atoms with Crippen LogP contribution in [0, 0.1) is 0 Å². The molecule has 0 spiro atoms. The molecule has 29 heavy (non-hydrogen) atoms. The van der Waals surface area contributed by atoms with Gasteiger partial charge in [-0.15, -0.1) is 0 Å². The fraction of sp³-hybridized carbons (Fsp3) is 0.480. The molecule has 4 nitrogen and oxygen atoms in total. The average Bonchev–Trinajstić information content (AvgIpc) is 2.71. The Hall–Kier alpha value is -2.01. The standard InChI is InChI=1S/C25H38O4/c1-2-3-10-16-23(27)18-13-8-9-14-19-24(28)17-11-6-4-5-7-12-20-25(29)21-15-22-26/h3,5-11,13-14,18-19,23-24,26-28H,2,4,12,15-17,20-22H2,1H3/b7-5-,9-8-,10-3-,11-6-,18-13+,19-14+/t23-,24+/m0/s1. The summed E-state index contributed by atoms with van der Waals surface area (Å²) in [5.74, 6) is 0.194. The Balaban J connectivity index is 3.85. The maximum Gasteiger partial charge on any atom is 0.133 e. The topological polar surface area (TPSA) is 77.8 Å². The number of Topliss-reactive ketones (excluding diaryl/α,β-unsaturated/α-hetero) is 1. The van der Waals surface area contributed by atoms with Crippen molar-refractivity contribution in [3.8, 4) is 0 Å². The summed E-state index contributed by atoms with van der Waals surface area (Å²) in [6, 6.07) is 0. The first-order valence-electron chi connectivity index (χ1n) is 10.6. The molecule has 4 heteroatoms. The summed E-state index contributed by atoms with van der Waals surface area (Å²) < 4.78 is 0. The van der Waals surface area contributed by atoms with Gasteiger partial charge in [0.25, 0.3) is 0 Å². The third-order valence-electron chi connectivity index (χ3n) is 3.97. The molecule has 0 unspecified atom stereocenters. The van der Waals surface area contributed by atoms with Crippen LogP contribution in [0.2, 0.25) is 0 Å². The summed E-state index contributed by atoms with van der Waals surface area (Å²) in [6.07, 6.45) is 26.8. The van der Waals surface area contributed by atoms with Crippen molar-refractivity contribution in [1.29, 1.82) is 0 Å². The number of rotatable bonds is 17. The molecule has 0 heterocycles. The molecule has 0 aromatic carbocycles. The molecule has 0 rings (SSSR count). The van der Waals surface area contributed by atoms with E-state index in [1.807, 2.05) is 48.6 Å².